The minimum Gasteiger partial charge on any atom is -0.507 e. The van der Waals surface area contributed by atoms with Gasteiger partial charge in [-0.05, 0) is 0 Å². The van der Waals surface area contributed by atoms with Crippen LogP contribution in [-0.2, 0) is 9.53 Å². The topological polar surface area (TPSA) is 187 Å². The molecule has 2 heterocycles. The van der Waals surface area contributed by atoms with Gasteiger partial charge in [0, 0.05) is 17.7 Å². The van der Waals surface area contributed by atoms with Crippen molar-refractivity contribution in [3.8, 4) is 28.6 Å². The third kappa shape index (κ3) is 3.63. The fourth-order valence-electron chi connectivity index (χ4n) is 3.40. The van der Waals surface area contributed by atoms with E-state index in [4.69, 9.17) is 13.9 Å². The molecule has 5 atom stereocenters. The van der Waals surface area contributed by atoms with Crippen molar-refractivity contribution in [2.24, 2.45) is 0 Å². The molecule has 0 unspecified atom stereocenters. The first-order valence-corrected chi connectivity index (χ1v) is 9.36. The molecule has 168 valence electrons. The Morgan fingerprint density at radius 1 is 0.938 bits per heavy atom. The third-order valence-electron chi connectivity index (χ3n) is 5.02. The highest BCUT2D eigenvalue weighted by Crippen LogP contribution is 2.42. The average Bonchev–Trinajstić information content (AvgIpc) is 2.76. The van der Waals surface area contributed by atoms with E-state index in [1.54, 1.807) is 30.3 Å². The predicted octanol–water partition coefficient (Wildman–Crippen LogP) is 0.142. The number of phenolic OH excluding ortho intramolecular Hbond substituents is 2. The fraction of sp³-hybridized carbons (Fsp3) is 0.238. The molecule has 0 spiro atoms. The Hall–Kier alpha value is -3.64. The molecule has 6 N–H and O–H groups in total. The second-order valence-corrected chi connectivity index (χ2v) is 7.14. The van der Waals surface area contributed by atoms with Crippen LogP contribution in [0.3, 0.4) is 0 Å². The van der Waals surface area contributed by atoms with Crippen molar-refractivity contribution < 1.29 is 49.3 Å². The number of aliphatic carboxylic acids is 1. The first-order chi connectivity index (χ1) is 15.2. The van der Waals surface area contributed by atoms with Crippen LogP contribution in [0.2, 0.25) is 0 Å². The van der Waals surface area contributed by atoms with Crippen molar-refractivity contribution in [2.45, 2.75) is 30.7 Å². The molecule has 1 aliphatic rings. The smallest absolute Gasteiger partial charge is 0.335 e. The molecule has 0 radical (unpaired) electrons. The number of aliphatic hydroxyl groups excluding tert-OH is 3. The van der Waals surface area contributed by atoms with E-state index in [1.807, 2.05) is 0 Å². The Bertz CT molecular complexity index is 1220. The number of benzene rings is 2. The maximum absolute atomic E-state index is 12.7. The van der Waals surface area contributed by atoms with Gasteiger partial charge in [0.15, 0.2) is 22.9 Å². The minimum absolute atomic E-state index is 0.0712. The van der Waals surface area contributed by atoms with E-state index in [0.29, 0.717) is 5.56 Å². The molecule has 11 nitrogen and oxygen atoms in total. The predicted molar refractivity (Wildman–Crippen MR) is 106 cm³/mol. The van der Waals surface area contributed by atoms with Crippen LogP contribution in [0, 0.1) is 0 Å². The number of hydrogen-bond donors (Lipinski definition) is 6. The number of carboxylic acid groups (broad SMARTS) is 1. The van der Waals surface area contributed by atoms with Gasteiger partial charge in [-0.25, -0.2) is 4.79 Å². The number of carboxylic acids is 1. The summed E-state index contributed by atoms with van der Waals surface area (Å²) in [7, 11) is 0. The maximum Gasteiger partial charge on any atom is 0.335 e. The van der Waals surface area contributed by atoms with Crippen LogP contribution in [0.5, 0.6) is 17.2 Å². The van der Waals surface area contributed by atoms with Crippen LogP contribution in [0.1, 0.15) is 0 Å². The maximum atomic E-state index is 12.7. The van der Waals surface area contributed by atoms with Gasteiger partial charge in [-0.2, -0.15) is 0 Å². The van der Waals surface area contributed by atoms with Crippen LogP contribution in [0.25, 0.3) is 22.3 Å². The number of ether oxygens (including phenoxy) is 2. The zero-order valence-corrected chi connectivity index (χ0v) is 16.2. The average molecular weight is 446 g/mol. The largest absolute Gasteiger partial charge is 0.507 e. The van der Waals surface area contributed by atoms with Gasteiger partial charge < -0.3 is 44.5 Å². The Labute approximate surface area is 178 Å². The monoisotopic (exact) mass is 446 g/mol. The second-order valence-electron chi connectivity index (χ2n) is 7.14. The molecule has 3 aromatic rings. The van der Waals surface area contributed by atoms with Crippen LogP contribution in [0.15, 0.2) is 51.7 Å². The Kier molecular flexibility index (Phi) is 5.48. The summed E-state index contributed by atoms with van der Waals surface area (Å²) in [5.74, 6) is -3.44. The van der Waals surface area contributed by atoms with Gasteiger partial charge in [0.25, 0.3) is 0 Å². The normalized spacial score (nSPS) is 25.5. The van der Waals surface area contributed by atoms with Crippen molar-refractivity contribution in [3.63, 3.8) is 0 Å². The second kappa shape index (κ2) is 8.13. The fourth-order valence-corrected chi connectivity index (χ4v) is 3.40. The number of hydrogen-bond acceptors (Lipinski definition) is 10. The lowest BCUT2D eigenvalue weighted by atomic mass is 9.99. The summed E-state index contributed by atoms with van der Waals surface area (Å²) in [6.07, 6.45) is -9.65. The number of aromatic hydroxyl groups is 2. The Balaban J connectivity index is 1.84. The van der Waals surface area contributed by atoms with Gasteiger partial charge in [-0.3, -0.25) is 4.79 Å². The van der Waals surface area contributed by atoms with Crippen molar-refractivity contribution in [3.05, 3.63) is 52.7 Å². The molecule has 2 aromatic carbocycles. The number of carbonyl (C=O) groups is 1. The molecule has 0 aliphatic carbocycles. The SMILES string of the molecule is O=C(O)[C@H]1O[C@@H](Oc2c(O)cc(O)c3c(=O)cc(-c4ccccc4)oc23)[C@H](O)[C@@H](O)[C@@H]1O. The number of fused-ring (bicyclic) bond motifs is 1. The first kappa shape index (κ1) is 21.6. The zero-order chi connectivity index (χ0) is 23.2. The quantitative estimate of drug-likeness (QED) is 0.320. The Morgan fingerprint density at radius 2 is 1.62 bits per heavy atom. The molecular formula is C21H18O11. The van der Waals surface area contributed by atoms with E-state index >= 15 is 0 Å². The van der Waals surface area contributed by atoms with Crippen molar-refractivity contribution in [2.75, 3.05) is 0 Å². The van der Waals surface area contributed by atoms with Gasteiger partial charge in [0.05, 0.1) is 0 Å². The van der Waals surface area contributed by atoms with E-state index < -0.39 is 64.9 Å². The summed E-state index contributed by atoms with van der Waals surface area (Å²) in [4.78, 5) is 24.0. The van der Waals surface area contributed by atoms with Crippen molar-refractivity contribution in [1.82, 2.24) is 0 Å². The van der Waals surface area contributed by atoms with E-state index in [2.05, 4.69) is 0 Å². The summed E-state index contributed by atoms with van der Waals surface area (Å²) in [5, 5.41) is 59.3. The summed E-state index contributed by atoms with van der Waals surface area (Å²) in [5.41, 5.74) is -0.577. The first-order valence-electron chi connectivity index (χ1n) is 9.36. The molecule has 0 saturated carbocycles. The van der Waals surface area contributed by atoms with Gasteiger partial charge in [-0.15, -0.1) is 0 Å². The summed E-state index contributed by atoms with van der Waals surface area (Å²) < 4.78 is 16.2. The summed E-state index contributed by atoms with van der Waals surface area (Å²) in [6, 6.07) is 10.4. The van der Waals surface area contributed by atoms with Crippen LogP contribution < -0.4 is 10.2 Å². The van der Waals surface area contributed by atoms with E-state index in [9.17, 15) is 40.2 Å². The van der Waals surface area contributed by atoms with Gasteiger partial charge in [0.1, 0.15) is 35.2 Å². The highest BCUT2D eigenvalue weighted by atomic mass is 16.7. The molecule has 1 aromatic heterocycles. The number of phenols is 2. The number of rotatable bonds is 4. The highest BCUT2D eigenvalue weighted by molar-refractivity contribution is 5.91. The molecule has 1 aliphatic heterocycles. The zero-order valence-electron chi connectivity index (χ0n) is 16.2. The van der Waals surface area contributed by atoms with Crippen LogP contribution in [-0.4, -0.2) is 67.3 Å². The lowest BCUT2D eigenvalue weighted by Gasteiger charge is -2.38. The molecule has 1 fully saturated rings. The van der Waals surface area contributed by atoms with E-state index in [0.717, 1.165) is 12.1 Å². The lowest BCUT2D eigenvalue weighted by molar-refractivity contribution is -0.271. The third-order valence-corrected chi connectivity index (χ3v) is 5.02. The molecule has 32 heavy (non-hydrogen) atoms. The molecule has 11 heteroatoms. The standard InChI is InChI=1S/C21H18O11/c22-9-6-11(24)17(31-21-16(27)14(25)15(26)19(32-21)20(28)29)18-13(9)10(23)7-12(30-18)8-4-2-1-3-5-8/h1-7,14-16,19,21-22,24-27H,(H,28,29)/t14-,15-,16+,19-,21+/m0/s1. The van der Waals surface area contributed by atoms with Gasteiger partial charge in [-0.1, -0.05) is 30.3 Å². The molecular weight excluding hydrogens is 428 g/mol. The molecule has 1 saturated heterocycles. The summed E-state index contributed by atoms with van der Waals surface area (Å²) >= 11 is 0. The van der Waals surface area contributed by atoms with E-state index in [1.165, 1.54) is 0 Å². The van der Waals surface area contributed by atoms with Crippen LogP contribution in [0.4, 0.5) is 0 Å². The highest BCUT2D eigenvalue weighted by Gasteiger charge is 2.48. The molecule has 0 bridgehead atoms. The number of aliphatic hydroxyl groups is 3. The molecule has 0 amide bonds. The van der Waals surface area contributed by atoms with Crippen molar-refractivity contribution in [1.29, 1.82) is 0 Å². The summed E-state index contributed by atoms with van der Waals surface area (Å²) in [6.45, 7) is 0. The van der Waals surface area contributed by atoms with Crippen molar-refractivity contribution >= 4 is 16.9 Å². The lowest BCUT2D eigenvalue weighted by Crippen LogP contribution is -2.61. The molecule has 4 rings (SSSR count). The van der Waals surface area contributed by atoms with E-state index in [-0.39, 0.29) is 11.1 Å². The van der Waals surface area contributed by atoms with Crippen LogP contribution >= 0.6 is 0 Å². The van der Waals surface area contributed by atoms with Gasteiger partial charge in [0.2, 0.25) is 12.0 Å². The Morgan fingerprint density at radius 3 is 2.28 bits per heavy atom. The van der Waals surface area contributed by atoms with Gasteiger partial charge >= 0.3 is 5.97 Å². The minimum atomic E-state index is -1.95.